The van der Waals surface area contributed by atoms with Gasteiger partial charge in [-0.15, -0.1) is 0 Å². The average Bonchev–Trinajstić information content (AvgIpc) is 2.27. The number of hydrogen-bond acceptors (Lipinski definition) is 2. The van der Waals surface area contributed by atoms with E-state index in [2.05, 4.69) is 5.32 Å². The summed E-state index contributed by atoms with van der Waals surface area (Å²) in [4.78, 5) is 11.8. The Kier molecular flexibility index (Phi) is 5.61. The maximum atomic E-state index is 11.8. The van der Waals surface area contributed by atoms with E-state index in [-0.39, 0.29) is 12.1 Å². The Morgan fingerprint density at radius 3 is 2.47 bits per heavy atom. The lowest BCUT2D eigenvalue weighted by Gasteiger charge is -2.22. The Labute approximate surface area is 115 Å². The number of carbonyl (C=O) groups is 1. The van der Waals surface area contributed by atoms with Crippen LogP contribution in [0.2, 0.25) is 0 Å². The van der Waals surface area contributed by atoms with Crippen LogP contribution in [-0.2, 0) is 11.2 Å². The molecule has 19 heavy (non-hydrogen) atoms. The van der Waals surface area contributed by atoms with Crippen LogP contribution in [0.25, 0.3) is 0 Å². The van der Waals surface area contributed by atoms with Crippen molar-refractivity contribution in [3.63, 3.8) is 0 Å². The molecule has 0 aliphatic carbocycles. The summed E-state index contributed by atoms with van der Waals surface area (Å²) in [5, 5.41) is 2.87. The predicted octanol–water partition coefficient (Wildman–Crippen LogP) is 3.70. The molecule has 1 rings (SSSR count). The van der Waals surface area contributed by atoms with Crippen molar-refractivity contribution in [1.82, 2.24) is 5.32 Å². The third kappa shape index (κ3) is 6.65. The smallest absolute Gasteiger partial charge is 0.408 e. The van der Waals surface area contributed by atoms with Gasteiger partial charge in [-0.1, -0.05) is 42.5 Å². The second-order valence-electron chi connectivity index (χ2n) is 5.47. The van der Waals surface area contributed by atoms with Crippen molar-refractivity contribution in [2.24, 2.45) is 0 Å². The van der Waals surface area contributed by atoms with Crippen molar-refractivity contribution in [3.8, 4) is 0 Å². The highest BCUT2D eigenvalue weighted by Crippen LogP contribution is 2.09. The predicted molar refractivity (Wildman–Crippen MR) is 78.1 cm³/mol. The Morgan fingerprint density at radius 1 is 1.32 bits per heavy atom. The molecule has 0 bridgehead atoms. The summed E-state index contributed by atoms with van der Waals surface area (Å²) >= 11 is 0. The van der Waals surface area contributed by atoms with Gasteiger partial charge in [0, 0.05) is 0 Å². The van der Waals surface area contributed by atoms with Crippen molar-refractivity contribution < 1.29 is 9.53 Å². The number of allylic oxidation sites excluding steroid dienone is 1. The van der Waals surface area contributed by atoms with Crippen molar-refractivity contribution in [2.75, 3.05) is 0 Å². The minimum absolute atomic E-state index is 0.0535. The first-order chi connectivity index (χ1) is 8.90. The summed E-state index contributed by atoms with van der Waals surface area (Å²) in [6.45, 7) is 7.51. The zero-order valence-corrected chi connectivity index (χ0v) is 12.1. The van der Waals surface area contributed by atoms with E-state index in [4.69, 9.17) is 4.74 Å². The number of hydrogen-bond donors (Lipinski definition) is 1. The largest absolute Gasteiger partial charge is 0.444 e. The highest BCUT2D eigenvalue weighted by atomic mass is 16.6. The average molecular weight is 261 g/mol. The standard InChI is InChI=1S/C16H23NO2/c1-5-9-14(12-13-10-7-6-8-11-13)17-15(18)19-16(2,3)4/h5-11,14H,12H2,1-4H3,(H,17,18)/b9-5-/t14-/m1/s1. The number of rotatable bonds is 4. The molecule has 0 unspecified atom stereocenters. The molecule has 0 aliphatic rings. The quantitative estimate of drug-likeness (QED) is 0.839. The third-order valence-corrected chi connectivity index (χ3v) is 2.43. The molecular formula is C16H23NO2. The molecule has 1 amide bonds. The van der Waals surface area contributed by atoms with Crippen molar-refractivity contribution in [1.29, 1.82) is 0 Å². The Hall–Kier alpha value is -1.77. The molecule has 0 heterocycles. The maximum Gasteiger partial charge on any atom is 0.408 e. The van der Waals surface area contributed by atoms with E-state index in [0.717, 1.165) is 6.42 Å². The van der Waals surface area contributed by atoms with Gasteiger partial charge in [-0.3, -0.25) is 0 Å². The zero-order chi connectivity index (χ0) is 14.3. The van der Waals surface area contributed by atoms with E-state index in [1.54, 1.807) is 0 Å². The molecule has 1 aromatic rings. The van der Waals surface area contributed by atoms with Crippen LogP contribution in [0.15, 0.2) is 42.5 Å². The number of ether oxygens (including phenoxy) is 1. The molecule has 0 aromatic heterocycles. The van der Waals surface area contributed by atoms with Gasteiger partial charge in [0.05, 0.1) is 6.04 Å². The highest BCUT2D eigenvalue weighted by molar-refractivity contribution is 5.68. The molecule has 3 nitrogen and oxygen atoms in total. The lowest BCUT2D eigenvalue weighted by Crippen LogP contribution is -2.39. The van der Waals surface area contributed by atoms with Gasteiger partial charge in [0.1, 0.15) is 5.60 Å². The zero-order valence-electron chi connectivity index (χ0n) is 12.1. The van der Waals surface area contributed by atoms with Gasteiger partial charge in [-0.25, -0.2) is 4.79 Å². The molecule has 0 aliphatic heterocycles. The van der Waals surface area contributed by atoms with Gasteiger partial charge in [0.25, 0.3) is 0 Å². The lowest BCUT2D eigenvalue weighted by atomic mass is 10.1. The van der Waals surface area contributed by atoms with E-state index < -0.39 is 5.60 Å². The lowest BCUT2D eigenvalue weighted by molar-refractivity contribution is 0.0514. The fourth-order valence-corrected chi connectivity index (χ4v) is 1.73. The molecule has 1 aromatic carbocycles. The van der Waals surface area contributed by atoms with Crippen LogP contribution >= 0.6 is 0 Å². The minimum atomic E-state index is -0.475. The minimum Gasteiger partial charge on any atom is -0.444 e. The Balaban J connectivity index is 2.61. The summed E-state index contributed by atoms with van der Waals surface area (Å²) in [5.41, 5.74) is 0.707. The van der Waals surface area contributed by atoms with Crippen LogP contribution in [0.4, 0.5) is 4.79 Å². The molecule has 0 fully saturated rings. The molecule has 0 spiro atoms. The normalized spacial score (nSPS) is 13.3. The number of carbonyl (C=O) groups excluding carboxylic acids is 1. The Morgan fingerprint density at radius 2 is 1.95 bits per heavy atom. The van der Waals surface area contributed by atoms with Gasteiger partial charge in [0.2, 0.25) is 0 Å². The monoisotopic (exact) mass is 261 g/mol. The van der Waals surface area contributed by atoms with Crippen LogP contribution in [-0.4, -0.2) is 17.7 Å². The van der Waals surface area contributed by atoms with Crippen LogP contribution in [0.5, 0.6) is 0 Å². The molecule has 1 N–H and O–H groups in total. The summed E-state index contributed by atoms with van der Waals surface area (Å²) < 4.78 is 5.27. The summed E-state index contributed by atoms with van der Waals surface area (Å²) in [5.74, 6) is 0. The van der Waals surface area contributed by atoms with Gasteiger partial charge >= 0.3 is 6.09 Å². The summed E-state index contributed by atoms with van der Waals surface area (Å²) in [7, 11) is 0. The van der Waals surface area contributed by atoms with Crippen molar-refractivity contribution in [3.05, 3.63) is 48.0 Å². The van der Waals surface area contributed by atoms with E-state index in [9.17, 15) is 4.79 Å². The molecule has 1 atom stereocenters. The van der Waals surface area contributed by atoms with Crippen molar-refractivity contribution in [2.45, 2.75) is 45.8 Å². The second kappa shape index (κ2) is 6.98. The molecule has 0 radical (unpaired) electrons. The van der Waals surface area contributed by atoms with Gasteiger partial charge in [0.15, 0.2) is 0 Å². The summed E-state index contributed by atoms with van der Waals surface area (Å²) in [6, 6.07) is 10.0. The Bertz CT molecular complexity index is 418. The third-order valence-electron chi connectivity index (χ3n) is 2.43. The van der Waals surface area contributed by atoms with Crippen LogP contribution < -0.4 is 5.32 Å². The number of benzene rings is 1. The van der Waals surface area contributed by atoms with Gasteiger partial charge in [-0.2, -0.15) is 0 Å². The molecule has 0 saturated carbocycles. The molecule has 3 heteroatoms. The summed E-state index contributed by atoms with van der Waals surface area (Å²) in [6.07, 6.45) is 4.28. The van der Waals surface area contributed by atoms with Crippen LogP contribution in [0.1, 0.15) is 33.3 Å². The van der Waals surface area contributed by atoms with E-state index >= 15 is 0 Å². The molecule has 104 valence electrons. The maximum absolute atomic E-state index is 11.8. The van der Waals surface area contributed by atoms with Crippen LogP contribution in [0, 0.1) is 0 Å². The first-order valence-electron chi connectivity index (χ1n) is 6.57. The first-order valence-corrected chi connectivity index (χ1v) is 6.57. The fourth-order valence-electron chi connectivity index (χ4n) is 1.73. The number of amides is 1. The number of nitrogens with one attached hydrogen (secondary N) is 1. The van der Waals surface area contributed by atoms with Crippen molar-refractivity contribution >= 4 is 6.09 Å². The second-order valence-corrected chi connectivity index (χ2v) is 5.47. The van der Waals surface area contributed by atoms with Gasteiger partial charge < -0.3 is 10.1 Å². The highest BCUT2D eigenvalue weighted by Gasteiger charge is 2.18. The van der Waals surface area contributed by atoms with E-state index in [0.29, 0.717) is 0 Å². The fraction of sp³-hybridized carbons (Fsp3) is 0.438. The van der Waals surface area contributed by atoms with Gasteiger partial charge in [-0.05, 0) is 39.7 Å². The topological polar surface area (TPSA) is 38.3 Å². The molecular weight excluding hydrogens is 238 g/mol. The SMILES string of the molecule is C/C=C\[C@H](Cc1ccccc1)NC(=O)OC(C)(C)C. The van der Waals surface area contributed by atoms with Crippen LogP contribution in [0.3, 0.4) is 0 Å². The molecule has 0 saturated heterocycles. The van der Waals surface area contributed by atoms with E-state index in [1.807, 2.05) is 70.2 Å². The van der Waals surface area contributed by atoms with E-state index in [1.165, 1.54) is 5.56 Å². The number of alkyl carbamates (subject to hydrolysis) is 1. The first kappa shape index (κ1) is 15.3.